The highest BCUT2D eigenvalue weighted by molar-refractivity contribution is 6.30. The SMILES string of the molecule is COC(=O)C1=C(C[NH+]2CCOCC2)NC(=O)N[C@H]1c1ccc(Cl)cc1. The summed E-state index contributed by atoms with van der Waals surface area (Å²) in [6, 6.07) is 6.13. The second kappa shape index (κ2) is 7.86. The lowest BCUT2D eigenvalue weighted by molar-refractivity contribution is -0.903. The molecule has 1 aromatic carbocycles. The molecule has 0 aromatic heterocycles. The van der Waals surface area contributed by atoms with E-state index in [0.717, 1.165) is 18.7 Å². The molecule has 1 fully saturated rings. The number of carbonyl (C=O) groups is 2. The van der Waals surface area contributed by atoms with Crippen LogP contribution < -0.4 is 15.5 Å². The normalized spacial score (nSPS) is 21.5. The predicted octanol–water partition coefficient (Wildman–Crippen LogP) is 0.0361. The lowest BCUT2D eigenvalue weighted by atomic mass is 9.95. The van der Waals surface area contributed by atoms with E-state index in [-0.39, 0.29) is 6.03 Å². The van der Waals surface area contributed by atoms with Crippen LogP contribution in [0.3, 0.4) is 0 Å². The van der Waals surface area contributed by atoms with Crippen molar-refractivity contribution < 1.29 is 24.0 Å². The van der Waals surface area contributed by atoms with Crippen LogP contribution in [0.4, 0.5) is 4.79 Å². The number of quaternary nitrogens is 1. The quantitative estimate of drug-likeness (QED) is 0.657. The summed E-state index contributed by atoms with van der Waals surface area (Å²) in [6.45, 7) is 3.52. The zero-order chi connectivity index (χ0) is 17.8. The number of methoxy groups -OCH3 is 1. The molecule has 2 amide bonds. The minimum atomic E-state index is -0.575. The van der Waals surface area contributed by atoms with Gasteiger partial charge in [0, 0.05) is 5.02 Å². The van der Waals surface area contributed by atoms with Gasteiger partial charge in [-0.25, -0.2) is 9.59 Å². The van der Waals surface area contributed by atoms with Crippen molar-refractivity contribution in [2.45, 2.75) is 6.04 Å². The number of rotatable bonds is 4. The van der Waals surface area contributed by atoms with Crippen molar-refractivity contribution in [1.82, 2.24) is 10.6 Å². The molecule has 3 N–H and O–H groups in total. The highest BCUT2D eigenvalue weighted by atomic mass is 35.5. The minimum Gasteiger partial charge on any atom is -0.466 e. The zero-order valence-corrected chi connectivity index (χ0v) is 14.7. The molecule has 1 atom stereocenters. The fourth-order valence-electron chi connectivity index (χ4n) is 3.10. The Hall–Kier alpha value is -2.09. The number of urea groups is 1. The lowest BCUT2D eigenvalue weighted by Crippen LogP contribution is -3.14. The fourth-order valence-corrected chi connectivity index (χ4v) is 3.23. The number of benzene rings is 1. The van der Waals surface area contributed by atoms with Crippen molar-refractivity contribution in [2.24, 2.45) is 0 Å². The molecular weight excluding hydrogens is 346 g/mol. The molecule has 0 radical (unpaired) electrons. The molecule has 3 rings (SSSR count). The molecule has 1 aromatic rings. The average molecular weight is 367 g/mol. The Morgan fingerprint density at radius 2 is 2.00 bits per heavy atom. The van der Waals surface area contributed by atoms with Gasteiger partial charge in [0.05, 0.1) is 37.6 Å². The molecule has 0 bridgehead atoms. The summed E-state index contributed by atoms with van der Waals surface area (Å²) in [4.78, 5) is 25.8. The van der Waals surface area contributed by atoms with Crippen molar-refractivity contribution in [2.75, 3.05) is 40.0 Å². The average Bonchev–Trinajstić information content (AvgIpc) is 2.62. The number of ether oxygens (including phenoxy) is 2. The molecule has 0 aliphatic carbocycles. The summed E-state index contributed by atoms with van der Waals surface area (Å²) in [7, 11) is 1.34. The Balaban J connectivity index is 1.96. The minimum absolute atomic E-state index is 0.338. The second-order valence-electron chi connectivity index (χ2n) is 6.01. The van der Waals surface area contributed by atoms with Gasteiger partial charge in [-0.05, 0) is 17.7 Å². The summed E-state index contributed by atoms with van der Waals surface area (Å²) in [6.07, 6.45) is 0. The van der Waals surface area contributed by atoms with Crippen LogP contribution in [-0.4, -0.2) is 52.0 Å². The largest absolute Gasteiger partial charge is 0.466 e. The van der Waals surface area contributed by atoms with Crippen LogP contribution >= 0.6 is 11.6 Å². The van der Waals surface area contributed by atoms with Crippen LogP contribution in [0.5, 0.6) is 0 Å². The maximum absolute atomic E-state index is 12.4. The molecule has 134 valence electrons. The molecule has 0 spiro atoms. The predicted molar refractivity (Wildman–Crippen MR) is 91.3 cm³/mol. The van der Waals surface area contributed by atoms with E-state index < -0.39 is 12.0 Å². The van der Waals surface area contributed by atoms with Gasteiger partial charge in [0.1, 0.15) is 19.6 Å². The Kier molecular flexibility index (Phi) is 5.57. The number of morpholine rings is 1. The van der Waals surface area contributed by atoms with Crippen molar-refractivity contribution in [1.29, 1.82) is 0 Å². The van der Waals surface area contributed by atoms with Crippen LogP contribution in [0.25, 0.3) is 0 Å². The molecule has 1 saturated heterocycles. The first-order chi connectivity index (χ1) is 12.1. The standard InChI is InChI=1S/C17H20ClN3O4/c1-24-16(22)14-13(10-21-6-8-25-9-7-21)19-17(23)20-15(14)11-2-4-12(18)5-3-11/h2-5,15H,6-10H2,1H3,(H2,19,20,23)/p+1/t15-/m0/s1. The maximum Gasteiger partial charge on any atom is 0.338 e. The third-order valence-corrected chi connectivity index (χ3v) is 4.64. The molecule has 8 heteroatoms. The third-order valence-electron chi connectivity index (χ3n) is 4.39. The molecule has 2 aliphatic heterocycles. The van der Waals surface area contributed by atoms with Crippen molar-refractivity contribution in [3.05, 3.63) is 46.1 Å². The highest BCUT2D eigenvalue weighted by Gasteiger charge is 2.35. The van der Waals surface area contributed by atoms with Gasteiger partial charge >= 0.3 is 12.0 Å². The Morgan fingerprint density at radius 1 is 1.32 bits per heavy atom. The zero-order valence-electron chi connectivity index (χ0n) is 13.9. The van der Waals surface area contributed by atoms with E-state index in [0.29, 0.717) is 36.1 Å². The molecule has 2 heterocycles. The van der Waals surface area contributed by atoms with E-state index >= 15 is 0 Å². The van der Waals surface area contributed by atoms with E-state index in [4.69, 9.17) is 21.1 Å². The molecule has 7 nitrogen and oxygen atoms in total. The van der Waals surface area contributed by atoms with Crippen molar-refractivity contribution >= 4 is 23.6 Å². The fraction of sp³-hybridized carbons (Fsp3) is 0.412. The number of hydrogen-bond donors (Lipinski definition) is 3. The number of nitrogens with one attached hydrogen (secondary N) is 3. The number of amides is 2. The maximum atomic E-state index is 12.4. The number of hydrogen-bond acceptors (Lipinski definition) is 4. The monoisotopic (exact) mass is 366 g/mol. The van der Waals surface area contributed by atoms with Crippen LogP contribution in [0, 0.1) is 0 Å². The van der Waals surface area contributed by atoms with Gasteiger partial charge in [-0.15, -0.1) is 0 Å². The van der Waals surface area contributed by atoms with Gasteiger partial charge in [0.15, 0.2) is 0 Å². The van der Waals surface area contributed by atoms with E-state index in [9.17, 15) is 9.59 Å². The summed E-state index contributed by atoms with van der Waals surface area (Å²) >= 11 is 5.94. The Bertz CT molecular complexity index is 684. The van der Waals surface area contributed by atoms with E-state index in [2.05, 4.69) is 10.6 Å². The van der Waals surface area contributed by atoms with Gasteiger partial charge < -0.3 is 25.0 Å². The molecular formula is C17H21ClN3O4+. The number of carbonyl (C=O) groups excluding carboxylic acids is 2. The summed E-state index contributed by atoms with van der Waals surface area (Å²) in [5.74, 6) is -0.463. The van der Waals surface area contributed by atoms with Crippen molar-refractivity contribution in [3.63, 3.8) is 0 Å². The first-order valence-corrected chi connectivity index (χ1v) is 8.52. The van der Waals surface area contributed by atoms with Crippen LogP contribution in [0.2, 0.25) is 5.02 Å². The van der Waals surface area contributed by atoms with Gasteiger partial charge in [-0.1, -0.05) is 23.7 Å². The Labute approximate surface area is 150 Å². The smallest absolute Gasteiger partial charge is 0.338 e. The van der Waals surface area contributed by atoms with E-state index in [1.807, 2.05) is 0 Å². The Morgan fingerprint density at radius 3 is 2.64 bits per heavy atom. The van der Waals surface area contributed by atoms with E-state index in [1.165, 1.54) is 12.0 Å². The van der Waals surface area contributed by atoms with Crippen molar-refractivity contribution in [3.8, 4) is 0 Å². The molecule has 0 saturated carbocycles. The van der Waals surface area contributed by atoms with Gasteiger partial charge in [0.2, 0.25) is 0 Å². The molecule has 2 aliphatic rings. The van der Waals surface area contributed by atoms with Crippen LogP contribution in [0.1, 0.15) is 11.6 Å². The second-order valence-corrected chi connectivity index (χ2v) is 6.44. The highest BCUT2D eigenvalue weighted by Crippen LogP contribution is 2.28. The van der Waals surface area contributed by atoms with Crippen LogP contribution in [-0.2, 0) is 14.3 Å². The third kappa shape index (κ3) is 4.12. The number of esters is 1. The topological polar surface area (TPSA) is 81.1 Å². The van der Waals surface area contributed by atoms with Crippen LogP contribution in [0.15, 0.2) is 35.5 Å². The number of halogens is 1. The summed E-state index contributed by atoms with van der Waals surface area (Å²) in [5.41, 5.74) is 1.78. The summed E-state index contributed by atoms with van der Waals surface area (Å²) in [5, 5.41) is 6.17. The lowest BCUT2D eigenvalue weighted by Gasteiger charge is -2.31. The first-order valence-electron chi connectivity index (χ1n) is 8.14. The van der Waals surface area contributed by atoms with Gasteiger partial charge in [-0.3, -0.25) is 0 Å². The van der Waals surface area contributed by atoms with E-state index in [1.54, 1.807) is 24.3 Å². The molecule has 0 unspecified atom stereocenters. The van der Waals surface area contributed by atoms with Gasteiger partial charge in [0.25, 0.3) is 0 Å². The molecule has 25 heavy (non-hydrogen) atoms. The summed E-state index contributed by atoms with van der Waals surface area (Å²) < 4.78 is 10.3. The van der Waals surface area contributed by atoms with Gasteiger partial charge in [-0.2, -0.15) is 0 Å². The first kappa shape index (κ1) is 17.7.